The molecule has 0 aliphatic carbocycles. The van der Waals surface area contributed by atoms with E-state index in [0.29, 0.717) is 17.4 Å². The van der Waals surface area contributed by atoms with E-state index in [1.54, 1.807) is 0 Å². The van der Waals surface area contributed by atoms with Crippen LogP contribution in [-0.4, -0.2) is 69.4 Å². The molecule has 0 spiro atoms. The van der Waals surface area contributed by atoms with Gasteiger partial charge in [-0.05, 0) is 70.3 Å². The number of allylic oxidation sites excluding steroid dienone is 7. The van der Waals surface area contributed by atoms with E-state index in [0.717, 1.165) is 70.6 Å². The summed E-state index contributed by atoms with van der Waals surface area (Å²) in [6.07, 6.45) is 70.9. The lowest BCUT2D eigenvalue weighted by Gasteiger charge is -2.30. The van der Waals surface area contributed by atoms with E-state index < -0.39 is 20.0 Å². The van der Waals surface area contributed by atoms with Crippen molar-refractivity contribution in [2.45, 2.75) is 328 Å². The van der Waals surface area contributed by atoms with Crippen molar-refractivity contribution in [1.29, 1.82) is 0 Å². The highest BCUT2D eigenvalue weighted by atomic mass is 31.2. The second-order valence-electron chi connectivity index (χ2n) is 23.6. The molecule has 0 radical (unpaired) electrons. The number of amides is 1. The van der Waals surface area contributed by atoms with E-state index in [4.69, 9.17) is 13.8 Å². The van der Waals surface area contributed by atoms with E-state index in [1.807, 2.05) is 33.3 Å². The van der Waals surface area contributed by atoms with Gasteiger partial charge in [0.05, 0.1) is 33.8 Å². The molecule has 0 saturated carbocycles. The molecule has 0 aromatic carbocycles. The first kappa shape index (κ1) is 75.0. The van der Waals surface area contributed by atoms with Crippen molar-refractivity contribution in [1.82, 2.24) is 5.32 Å². The normalized spacial score (nSPS) is 13.9. The highest BCUT2D eigenvalue weighted by molar-refractivity contribution is 7.45. The monoisotopic (exact) mass is 1100 g/mol. The van der Waals surface area contributed by atoms with Crippen LogP contribution in [0.2, 0.25) is 0 Å². The number of nitrogens with one attached hydrogen (secondary N) is 1. The van der Waals surface area contributed by atoms with Gasteiger partial charge in [0.25, 0.3) is 7.82 Å². The second kappa shape index (κ2) is 57.2. The van der Waals surface area contributed by atoms with E-state index in [2.05, 4.69) is 62.5 Å². The first-order chi connectivity index (χ1) is 37.4. The molecule has 3 unspecified atom stereocenters. The van der Waals surface area contributed by atoms with E-state index in [1.165, 1.54) is 212 Å². The Kier molecular flexibility index (Phi) is 55.7. The third kappa shape index (κ3) is 58.4. The number of quaternary nitrogens is 1. The quantitative estimate of drug-likeness (QED) is 0.0212. The maximum atomic E-state index is 13.5. The average Bonchev–Trinajstić information content (AvgIpc) is 3.39. The van der Waals surface area contributed by atoms with Gasteiger partial charge in [-0.15, -0.1) is 0 Å². The van der Waals surface area contributed by atoms with Crippen LogP contribution in [0.3, 0.4) is 0 Å². The largest absolute Gasteiger partial charge is 0.756 e. The summed E-state index contributed by atoms with van der Waals surface area (Å²) in [5, 5.41) is 3.04. The highest BCUT2D eigenvalue weighted by Crippen LogP contribution is 2.38. The van der Waals surface area contributed by atoms with Crippen LogP contribution in [0.25, 0.3) is 0 Å². The molecule has 0 bridgehead atoms. The molecule has 0 heterocycles. The first-order valence-corrected chi connectivity index (χ1v) is 34.4. The van der Waals surface area contributed by atoms with Gasteiger partial charge in [0, 0.05) is 12.8 Å². The topological polar surface area (TPSA) is 114 Å². The van der Waals surface area contributed by atoms with Crippen molar-refractivity contribution in [3.63, 3.8) is 0 Å². The van der Waals surface area contributed by atoms with Crippen LogP contribution in [0.1, 0.15) is 316 Å². The lowest BCUT2D eigenvalue weighted by Crippen LogP contribution is -2.47. The third-order valence-electron chi connectivity index (χ3n) is 14.8. The smallest absolute Gasteiger partial charge is 0.306 e. The van der Waals surface area contributed by atoms with Crippen molar-refractivity contribution in [2.75, 3.05) is 40.9 Å². The lowest BCUT2D eigenvalue weighted by atomic mass is 10.0. The summed E-state index contributed by atoms with van der Waals surface area (Å²) in [7, 11) is 1.19. The summed E-state index contributed by atoms with van der Waals surface area (Å²) in [5.74, 6) is -0.530. The van der Waals surface area contributed by atoms with Crippen molar-refractivity contribution in [3.05, 3.63) is 48.6 Å². The standard InChI is InChI=1S/C67H127N2O7P/c1-7-10-13-16-19-22-25-27-28-29-30-31-32-33-34-35-36-37-38-39-40-42-44-47-50-53-56-59-66(70)68-64(63-75-77(72,73)74-62-61-69(4,5)6)65(58-55-52-49-46-43-24-21-18-15-12-9-3)76-67(71)60-57-54-51-48-45-41-26-23-20-17-14-11-8-2/h19,22,27-28,30-31,55,58,64-65H,7-18,20-21,23-26,29,32-54,56-57,59-63H2,1-6H3,(H-,68,70,72,73)/b22-19-,28-27-,31-30-,58-55-. The molecule has 0 aromatic heterocycles. The number of nitrogens with zero attached hydrogens (tertiary/aromatic N) is 1. The van der Waals surface area contributed by atoms with Crippen LogP contribution in [0.15, 0.2) is 48.6 Å². The molecule has 1 amide bonds. The van der Waals surface area contributed by atoms with Crippen LogP contribution >= 0.6 is 7.82 Å². The summed E-state index contributed by atoms with van der Waals surface area (Å²) in [5.41, 5.74) is 0. The molecule has 0 aliphatic rings. The highest BCUT2D eigenvalue weighted by Gasteiger charge is 2.27. The Morgan fingerprint density at radius 3 is 1.21 bits per heavy atom. The number of rotatable bonds is 60. The van der Waals surface area contributed by atoms with Gasteiger partial charge in [-0.1, -0.05) is 282 Å². The molecule has 77 heavy (non-hydrogen) atoms. The summed E-state index contributed by atoms with van der Waals surface area (Å²) >= 11 is 0. The van der Waals surface area contributed by atoms with Gasteiger partial charge in [0.2, 0.25) is 5.91 Å². The predicted octanol–water partition coefficient (Wildman–Crippen LogP) is 19.8. The maximum absolute atomic E-state index is 13.5. The summed E-state index contributed by atoms with van der Waals surface area (Å²) < 4.78 is 30.3. The van der Waals surface area contributed by atoms with Crippen LogP contribution < -0.4 is 10.2 Å². The van der Waals surface area contributed by atoms with Crippen LogP contribution in [0.4, 0.5) is 0 Å². The Balaban J connectivity index is 4.97. The number of carbonyl (C=O) groups is 2. The summed E-state index contributed by atoms with van der Waals surface area (Å²) in [6.45, 7) is 6.84. The molecular weight excluding hydrogens is 976 g/mol. The van der Waals surface area contributed by atoms with Gasteiger partial charge in [-0.25, -0.2) is 0 Å². The van der Waals surface area contributed by atoms with E-state index in [-0.39, 0.29) is 31.5 Å². The minimum absolute atomic E-state index is 0.0205. The summed E-state index contributed by atoms with van der Waals surface area (Å²) in [6, 6.07) is -0.885. The Morgan fingerprint density at radius 2 is 0.792 bits per heavy atom. The fraction of sp³-hybridized carbons (Fsp3) is 0.851. The van der Waals surface area contributed by atoms with E-state index >= 15 is 0 Å². The van der Waals surface area contributed by atoms with Crippen LogP contribution in [0, 0.1) is 0 Å². The predicted molar refractivity (Wildman–Crippen MR) is 330 cm³/mol. The Bertz CT molecular complexity index is 1460. The van der Waals surface area contributed by atoms with Crippen molar-refractivity contribution < 1.29 is 37.3 Å². The number of esters is 1. The molecule has 1 N–H and O–H groups in total. The molecule has 10 heteroatoms. The minimum atomic E-state index is -4.69. The fourth-order valence-electron chi connectivity index (χ4n) is 9.65. The number of phosphoric acid groups is 1. The van der Waals surface area contributed by atoms with Gasteiger partial charge in [-0.3, -0.25) is 14.2 Å². The zero-order valence-electron chi connectivity index (χ0n) is 51.7. The van der Waals surface area contributed by atoms with Crippen LogP contribution in [-0.2, 0) is 27.9 Å². The Labute approximate surface area is 478 Å². The SMILES string of the molecule is CCCCC/C=C\C/C=C\C/C=C\CCCCCCCCCCCCCCCCC(=O)NC(COP(=O)([O-])OCC[N+](C)(C)C)C(/C=C\CCCCCCCCCCC)OC(=O)CCCCCCCCCCCCCCC. The number of phosphoric ester groups is 1. The molecule has 0 rings (SSSR count). The number of unbranched alkanes of at least 4 members (excludes halogenated alkanes) is 38. The first-order valence-electron chi connectivity index (χ1n) is 32.9. The lowest BCUT2D eigenvalue weighted by molar-refractivity contribution is -0.870. The van der Waals surface area contributed by atoms with Gasteiger partial charge in [-0.2, -0.15) is 0 Å². The molecular formula is C67H127N2O7P. The van der Waals surface area contributed by atoms with Gasteiger partial charge in [0.1, 0.15) is 19.3 Å². The Hall–Kier alpha value is -2.03. The zero-order chi connectivity index (χ0) is 56.4. The number of likely N-dealkylation sites (N-methyl/N-ethyl adjacent to an activating group) is 1. The third-order valence-corrected chi connectivity index (χ3v) is 15.7. The zero-order valence-corrected chi connectivity index (χ0v) is 52.6. The van der Waals surface area contributed by atoms with Crippen molar-refractivity contribution in [3.8, 4) is 0 Å². The second-order valence-corrected chi connectivity index (χ2v) is 25.0. The Morgan fingerprint density at radius 1 is 0.455 bits per heavy atom. The molecule has 0 saturated heterocycles. The maximum Gasteiger partial charge on any atom is 0.306 e. The number of hydrogen-bond donors (Lipinski definition) is 1. The summed E-state index contributed by atoms with van der Waals surface area (Å²) in [4.78, 5) is 40.0. The molecule has 452 valence electrons. The number of ether oxygens (including phenoxy) is 1. The number of carbonyl (C=O) groups excluding carboxylic acids is 2. The van der Waals surface area contributed by atoms with Crippen molar-refractivity contribution in [2.24, 2.45) is 0 Å². The molecule has 0 fully saturated rings. The molecule has 9 nitrogen and oxygen atoms in total. The van der Waals surface area contributed by atoms with E-state index in [9.17, 15) is 19.0 Å². The van der Waals surface area contributed by atoms with Gasteiger partial charge in [0.15, 0.2) is 0 Å². The number of hydrogen-bond acceptors (Lipinski definition) is 7. The van der Waals surface area contributed by atoms with Crippen LogP contribution in [0.5, 0.6) is 0 Å². The average molecular weight is 1100 g/mol. The van der Waals surface area contributed by atoms with Crippen molar-refractivity contribution >= 4 is 19.7 Å². The molecule has 0 aromatic rings. The van der Waals surface area contributed by atoms with Gasteiger partial charge >= 0.3 is 5.97 Å². The minimum Gasteiger partial charge on any atom is -0.756 e. The van der Waals surface area contributed by atoms with Gasteiger partial charge < -0.3 is 28.5 Å². The molecule has 3 atom stereocenters. The fourth-order valence-corrected chi connectivity index (χ4v) is 10.4. The molecule has 0 aliphatic heterocycles.